The van der Waals surface area contributed by atoms with Crippen molar-refractivity contribution in [2.75, 3.05) is 13.1 Å². The van der Waals surface area contributed by atoms with Crippen LogP contribution in [0.3, 0.4) is 0 Å². The van der Waals surface area contributed by atoms with Crippen LogP contribution in [0, 0.1) is 0 Å². The van der Waals surface area contributed by atoms with Crippen LogP contribution < -0.4 is 0 Å². The number of hydrogen-bond acceptors (Lipinski definition) is 5. The Morgan fingerprint density at radius 1 is 1.20 bits per heavy atom. The van der Waals surface area contributed by atoms with E-state index in [1.54, 1.807) is 0 Å². The summed E-state index contributed by atoms with van der Waals surface area (Å²) in [6.07, 6.45) is 4.31. The van der Waals surface area contributed by atoms with Crippen LogP contribution in [-0.2, 0) is 0 Å². The van der Waals surface area contributed by atoms with Gasteiger partial charge in [0.25, 0.3) is 0 Å². The zero-order valence-electron chi connectivity index (χ0n) is 15.1. The van der Waals surface area contributed by atoms with E-state index in [0.29, 0.717) is 6.04 Å². The van der Waals surface area contributed by atoms with E-state index < -0.39 is 0 Å². The molecule has 132 valence electrons. The summed E-state index contributed by atoms with van der Waals surface area (Å²) in [5, 5.41) is 4.11. The largest absolute Gasteiger partial charge is 0.338 e. The molecule has 0 unspecified atom stereocenters. The van der Waals surface area contributed by atoms with Crippen LogP contribution in [0.1, 0.15) is 63.3 Å². The fourth-order valence-corrected chi connectivity index (χ4v) is 3.64. The van der Waals surface area contributed by atoms with Gasteiger partial charge >= 0.3 is 0 Å². The first-order valence-electron chi connectivity index (χ1n) is 9.12. The van der Waals surface area contributed by atoms with E-state index >= 15 is 0 Å². The van der Waals surface area contributed by atoms with Gasteiger partial charge < -0.3 is 9.09 Å². The van der Waals surface area contributed by atoms with Crippen molar-refractivity contribution in [3.8, 4) is 0 Å². The molecular formula is C19H25N5O. The average Bonchev–Trinajstić information content (AvgIpc) is 3.28. The summed E-state index contributed by atoms with van der Waals surface area (Å²) in [7, 11) is 0. The third-order valence-corrected chi connectivity index (χ3v) is 5.18. The van der Waals surface area contributed by atoms with Gasteiger partial charge in [0.1, 0.15) is 0 Å². The second-order valence-corrected chi connectivity index (χ2v) is 7.25. The summed E-state index contributed by atoms with van der Waals surface area (Å²) in [5.41, 5.74) is 2.27. The molecule has 0 bridgehead atoms. The number of likely N-dealkylation sites (tertiary alicyclic amines) is 1. The molecule has 3 aromatic rings. The highest BCUT2D eigenvalue weighted by molar-refractivity contribution is 5.75. The summed E-state index contributed by atoms with van der Waals surface area (Å²) in [4.78, 5) is 11.6. The Bertz CT molecular complexity index is 852. The van der Waals surface area contributed by atoms with Crippen molar-refractivity contribution < 1.29 is 4.52 Å². The molecule has 6 nitrogen and oxygen atoms in total. The number of aromatic nitrogens is 4. The average molecular weight is 339 g/mol. The van der Waals surface area contributed by atoms with Crippen LogP contribution in [0.4, 0.5) is 0 Å². The van der Waals surface area contributed by atoms with E-state index in [2.05, 4.69) is 63.6 Å². The van der Waals surface area contributed by atoms with Crippen LogP contribution >= 0.6 is 0 Å². The molecule has 25 heavy (non-hydrogen) atoms. The zero-order valence-corrected chi connectivity index (χ0v) is 15.1. The van der Waals surface area contributed by atoms with Crippen LogP contribution in [0.25, 0.3) is 11.0 Å². The van der Waals surface area contributed by atoms with Gasteiger partial charge in [-0.05, 0) is 38.4 Å². The summed E-state index contributed by atoms with van der Waals surface area (Å²) in [6, 6.07) is 8.90. The third-order valence-electron chi connectivity index (χ3n) is 5.18. The van der Waals surface area contributed by atoms with E-state index in [4.69, 9.17) is 4.52 Å². The predicted molar refractivity (Wildman–Crippen MR) is 96.4 cm³/mol. The number of imidazole rings is 1. The van der Waals surface area contributed by atoms with Crippen LogP contribution in [0.5, 0.6) is 0 Å². The van der Waals surface area contributed by atoms with Gasteiger partial charge in [-0.15, -0.1) is 0 Å². The summed E-state index contributed by atoms with van der Waals surface area (Å²) >= 11 is 0. The van der Waals surface area contributed by atoms with Crippen molar-refractivity contribution in [2.45, 2.75) is 51.6 Å². The Kier molecular flexibility index (Phi) is 4.29. The van der Waals surface area contributed by atoms with Gasteiger partial charge in [0, 0.05) is 18.5 Å². The highest BCUT2D eigenvalue weighted by Gasteiger charge is 2.29. The minimum absolute atomic E-state index is 0.137. The molecule has 2 aromatic heterocycles. The summed E-state index contributed by atoms with van der Waals surface area (Å²) < 4.78 is 7.84. The molecule has 0 spiro atoms. The quantitative estimate of drug-likeness (QED) is 0.720. The predicted octanol–water partition coefficient (Wildman–Crippen LogP) is 3.94. The molecule has 0 N–H and O–H groups in total. The Hall–Kier alpha value is -2.21. The first kappa shape index (κ1) is 16.3. The number of hydrogen-bond donors (Lipinski definition) is 0. The molecule has 1 saturated heterocycles. The van der Waals surface area contributed by atoms with E-state index in [1.165, 1.54) is 11.9 Å². The molecule has 0 radical (unpaired) electrons. The second kappa shape index (κ2) is 6.59. The molecule has 3 heterocycles. The van der Waals surface area contributed by atoms with Gasteiger partial charge in [0.05, 0.1) is 23.4 Å². The van der Waals surface area contributed by atoms with E-state index in [1.807, 2.05) is 12.4 Å². The molecule has 1 fully saturated rings. The number of benzene rings is 1. The molecule has 2 atom stereocenters. The molecule has 4 rings (SSSR count). The van der Waals surface area contributed by atoms with Crippen molar-refractivity contribution in [2.24, 2.45) is 0 Å². The maximum atomic E-state index is 5.52. The Morgan fingerprint density at radius 2 is 2.04 bits per heavy atom. The lowest BCUT2D eigenvalue weighted by molar-refractivity contribution is 0.115. The highest BCUT2D eigenvalue weighted by Crippen LogP contribution is 2.30. The van der Waals surface area contributed by atoms with Crippen molar-refractivity contribution in [1.29, 1.82) is 0 Å². The maximum Gasteiger partial charge on any atom is 0.243 e. The highest BCUT2D eigenvalue weighted by atomic mass is 16.5. The van der Waals surface area contributed by atoms with Gasteiger partial charge in [0.15, 0.2) is 5.82 Å². The number of fused-ring (bicyclic) bond motifs is 1. The van der Waals surface area contributed by atoms with Crippen LogP contribution in [0.15, 0.2) is 35.1 Å². The van der Waals surface area contributed by atoms with Gasteiger partial charge in [-0.3, -0.25) is 4.90 Å². The smallest absolute Gasteiger partial charge is 0.243 e. The number of piperidine rings is 1. The number of nitrogens with zero attached hydrogens (tertiary/aromatic N) is 5. The Balaban J connectivity index is 1.54. The molecular weight excluding hydrogens is 314 g/mol. The normalized spacial score (nSPS) is 20.4. The lowest BCUT2D eigenvalue weighted by Gasteiger charge is -2.36. The summed E-state index contributed by atoms with van der Waals surface area (Å²) in [5.74, 6) is 1.80. The van der Waals surface area contributed by atoms with Crippen LogP contribution in [-0.4, -0.2) is 37.7 Å². The van der Waals surface area contributed by atoms with Crippen molar-refractivity contribution in [3.05, 3.63) is 42.3 Å². The van der Waals surface area contributed by atoms with Gasteiger partial charge in [-0.25, -0.2) is 4.98 Å². The van der Waals surface area contributed by atoms with Crippen molar-refractivity contribution in [3.63, 3.8) is 0 Å². The monoisotopic (exact) mass is 339 g/mol. The number of rotatable bonds is 4. The molecule has 0 aliphatic carbocycles. The van der Waals surface area contributed by atoms with Gasteiger partial charge in [-0.1, -0.05) is 31.1 Å². The van der Waals surface area contributed by atoms with Gasteiger partial charge in [-0.2, -0.15) is 4.98 Å². The van der Waals surface area contributed by atoms with Crippen LogP contribution in [0.2, 0.25) is 0 Å². The first-order chi connectivity index (χ1) is 12.1. The molecule has 0 saturated carbocycles. The third kappa shape index (κ3) is 3.06. The molecule has 6 heteroatoms. The van der Waals surface area contributed by atoms with E-state index in [0.717, 1.165) is 36.7 Å². The molecule has 1 aliphatic rings. The molecule has 1 aliphatic heterocycles. The summed E-state index contributed by atoms with van der Waals surface area (Å²) in [6.45, 7) is 8.36. The van der Waals surface area contributed by atoms with Crippen molar-refractivity contribution in [1.82, 2.24) is 24.6 Å². The molecule has 1 aromatic carbocycles. The lowest BCUT2D eigenvalue weighted by atomic mass is 10.0. The van der Waals surface area contributed by atoms with E-state index in [-0.39, 0.29) is 12.0 Å². The fraction of sp³-hybridized carbons (Fsp3) is 0.526. The zero-order chi connectivity index (χ0) is 17.4. The molecule has 0 amide bonds. The number of para-hydroxylation sites is 2. The minimum atomic E-state index is 0.137. The second-order valence-electron chi connectivity index (χ2n) is 7.25. The minimum Gasteiger partial charge on any atom is -0.338 e. The lowest BCUT2D eigenvalue weighted by Crippen LogP contribution is -2.38. The Labute approximate surface area is 147 Å². The standard InChI is InChI=1S/C19H25N5O/c1-13(2)18-21-19(25-22-18)14(3)23-10-6-7-15(11-23)24-12-20-16-8-4-5-9-17(16)24/h4-5,8-9,12-15H,6-7,10-11H2,1-3H3/t14-,15-/m1/s1. The van der Waals surface area contributed by atoms with Crippen molar-refractivity contribution >= 4 is 11.0 Å². The Morgan fingerprint density at radius 3 is 2.84 bits per heavy atom. The topological polar surface area (TPSA) is 60.0 Å². The SMILES string of the molecule is CC(C)c1noc([C@@H](C)N2CCC[C@@H](n3cnc4ccccc43)C2)n1. The fourth-order valence-electron chi connectivity index (χ4n) is 3.64. The first-order valence-corrected chi connectivity index (χ1v) is 9.12. The van der Waals surface area contributed by atoms with E-state index in [9.17, 15) is 0 Å². The van der Waals surface area contributed by atoms with Gasteiger partial charge in [0.2, 0.25) is 5.89 Å². The maximum absolute atomic E-state index is 5.52.